The number of methoxy groups -OCH3 is 1. The van der Waals surface area contributed by atoms with Crippen molar-refractivity contribution in [3.63, 3.8) is 0 Å². The molecule has 0 heterocycles. The van der Waals surface area contributed by atoms with Gasteiger partial charge in [0.25, 0.3) is 0 Å². The Morgan fingerprint density at radius 3 is 2.31 bits per heavy atom. The highest BCUT2D eigenvalue weighted by Gasteiger charge is 2.15. The van der Waals surface area contributed by atoms with Gasteiger partial charge in [0.1, 0.15) is 0 Å². The van der Waals surface area contributed by atoms with Gasteiger partial charge in [-0.3, -0.25) is 4.90 Å². The zero-order valence-electron chi connectivity index (χ0n) is 9.63. The van der Waals surface area contributed by atoms with Gasteiger partial charge in [-0.15, -0.1) is 0 Å². The lowest BCUT2D eigenvalue weighted by Gasteiger charge is -2.32. The molecule has 0 bridgehead atoms. The van der Waals surface area contributed by atoms with Gasteiger partial charge >= 0.3 is 0 Å². The minimum atomic E-state index is 0.570. The van der Waals surface area contributed by atoms with Crippen LogP contribution in [0.25, 0.3) is 0 Å². The summed E-state index contributed by atoms with van der Waals surface area (Å²) in [5, 5.41) is 3.20. The monoisotopic (exact) mass is 188 g/mol. The molecule has 0 aliphatic carbocycles. The van der Waals surface area contributed by atoms with Crippen LogP contribution in [0.1, 0.15) is 20.8 Å². The van der Waals surface area contributed by atoms with E-state index in [0.29, 0.717) is 12.1 Å². The molecule has 1 atom stereocenters. The van der Waals surface area contributed by atoms with E-state index in [1.54, 1.807) is 7.11 Å². The minimum absolute atomic E-state index is 0.570. The molecule has 0 aliphatic rings. The Bertz CT molecular complexity index is 117. The predicted molar refractivity (Wildman–Crippen MR) is 57.1 cm³/mol. The van der Waals surface area contributed by atoms with E-state index in [1.165, 1.54) is 0 Å². The highest BCUT2D eigenvalue weighted by atomic mass is 16.5. The number of ether oxygens (including phenoxy) is 1. The summed E-state index contributed by atoms with van der Waals surface area (Å²) in [4.78, 5) is 2.44. The molecular weight excluding hydrogens is 164 g/mol. The highest BCUT2D eigenvalue weighted by molar-refractivity contribution is 4.71. The fourth-order valence-electron chi connectivity index (χ4n) is 1.60. The number of hydrogen-bond acceptors (Lipinski definition) is 3. The maximum Gasteiger partial charge on any atom is 0.0589 e. The third kappa shape index (κ3) is 5.24. The largest absolute Gasteiger partial charge is 0.383 e. The van der Waals surface area contributed by atoms with Gasteiger partial charge in [-0.05, 0) is 27.8 Å². The topological polar surface area (TPSA) is 24.5 Å². The van der Waals surface area contributed by atoms with E-state index in [9.17, 15) is 0 Å². The first-order chi connectivity index (χ1) is 6.13. The van der Waals surface area contributed by atoms with Crippen LogP contribution in [0.15, 0.2) is 0 Å². The SMILES string of the molecule is CNCC(C)N(CCOC)C(C)C. The average Bonchev–Trinajstić information content (AvgIpc) is 2.05. The van der Waals surface area contributed by atoms with Crippen LogP contribution in [-0.2, 0) is 4.74 Å². The summed E-state index contributed by atoms with van der Waals surface area (Å²) in [7, 11) is 3.74. The Morgan fingerprint density at radius 1 is 1.31 bits per heavy atom. The van der Waals surface area contributed by atoms with Gasteiger partial charge in [0, 0.05) is 32.3 Å². The van der Waals surface area contributed by atoms with E-state index in [0.717, 1.165) is 19.7 Å². The first-order valence-electron chi connectivity index (χ1n) is 5.02. The lowest BCUT2D eigenvalue weighted by Crippen LogP contribution is -2.45. The van der Waals surface area contributed by atoms with Crippen molar-refractivity contribution >= 4 is 0 Å². The van der Waals surface area contributed by atoms with E-state index >= 15 is 0 Å². The molecule has 0 aromatic carbocycles. The lowest BCUT2D eigenvalue weighted by atomic mass is 10.2. The molecule has 0 saturated heterocycles. The van der Waals surface area contributed by atoms with Gasteiger partial charge in [0.15, 0.2) is 0 Å². The second-order valence-electron chi connectivity index (χ2n) is 3.73. The molecule has 0 amide bonds. The van der Waals surface area contributed by atoms with Gasteiger partial charge in [0.2, 0.25) is 0 Å². The fourth-order valence-corrected chi connectivity index (χ4v) is 1.60. The number of nitrogens with one attached hydrogen (secondary N) is 1. The summed E-state index contributed by atoms with van der Waals surface area (Å²) in [6, 6.07) is 1.15. The smallest absolute Gasteiger partial charge is 0.0589 e. The zero-order valence-corrected chi connectivity index (χ0v) is 9.63. The van der Waals surface area contributed by atoms with E-state index in [4.69, 9.17) is 4.74 Å². The molecule has 0 radical (unpaired) electrons. The van der Waals surface area contributed by atoms with Crippen LogP contribution >= 0.6 is 0 Å². The Balaban J connectivity index is 3.91. The van der Waals surface area contributed by atoms with Crippen LogP contribution in [0, 0.1) is 0 Å². The third-order valence-electron chi connectivity index (χ3n) is 2.28. The summed E-state index contributed by atoms with van der Waals surface area (Å²) in [5.74, 6) is 0. The van der Waals surface area contributed by atoms with E-state index in [2.05, 4.69) is 31.0 Å². The van der Waals surface area contributed by atoms with Gasteiger partial charge in [-0.2, -0.15) is 0 Å². The number of hydrogen-bond donors (Lipinski definition) is 1. The van der Waals surface area contributed by atoms with Gasteiger partial charge in [0.05, 0.1) is 6.61 Å². The molecule has 0 aromatic heterocycles. The molecule has 0 saturated carbocycles. The first-order valence-corrected chi connectivity index (χ1v) is 5.02. The predicted octanol–water partition coefficient (Wildman–Crippen LogP) is 0.951. The summed E-state index contributed by atoms with van der Waals surface area (Å²) in [6.45, 7) is 9.54. The van der Waals surface area contributed by atoms with E-state index in [1.807, 2.05) is 7.05 Å². The second-order valence-corrected chi connectivity index (χ2v) is 3.73. The molecule has 13 heavy (non-hydrogen) atoms. The van der Waals surface area contributed by atoms with Gasteiger partial charge in [-0.1, -0.05) is 0 Å². The molecule has 0 spiro atoms. The van der Waals surface area contributed by atoms with Crippen molar-refractivity contribution in [2.75, 3.05) is 33.9 Å². The summed E-state index contributed by atoms with van der Waals surface area (Å²) in [5.41, 5.74) is 0. The zero-order chi connectivity index (χ0) is 10.3. The maximum absolute atomic E-state index is 5.09. The molecule has 0 aromatic rings. The number of likely N-dealkylation sites (N-methyl/N-ethyl adjacent to an activating group) is 1. The molecule has 3 nitrogen and oxygen atoms in total. The van der Waals surface area contributed by atoms with Crippen molar-refractivity contribution in [1.82, 2.24) is 10.2 Å². The molecule has 1 N–H and O–H groups in total. The number of nitrogens with zero attached hydrogens (tertiary/aromatic N) is 1. The fraction of sp³-hybridized carbons (Fsp3) is 1.00. The molecule has 0 aliphatic heterocycles. The summed E-state index contributed by atoms with van der Waals surface area (Å²) >= 11 is 0. The molecule has 80 valence electrons. The van der Waals surface area contributed by atoms with Crippen LogP contribution in [0.2, 0.25) is 0 Å². The van der Waals surface area contributed by atoms with Crippen molar-refractivity contribution in [3.05, 3.63) is 0 Å². The Labute approximate surface area is 82.4 Å². The summed E-state index contributed by atoms with van der Waals surface area (Å²) < 4.78 is 5.09. The van der Waals surface area contributed by atoms with E-state index < -0.39 is 0 Å². The molecular formula is C10H24N2O. The average molecular weight is 188 g/mol. The van der Waals surface area contributed by atoms with Crippen molar-refractivity contribution in [1.29, 1.82) is 0 Å². The highest BCUT2D eigenvalue weighted by Crippen LogP contribution is 2.03. The van der Waals surface area contributed by atoms with Crippen molar-refractivity contribution in [2.45, 2.75) is 32.9 Å². The van der Waals surface area contributed by atoms with Gasteiger partial charge in [-0.25, -0.2) is 0 Å². The van der Waals surface area contributed by atoms with Crippen molar-refractivity contribution < 1.29 is 4.74 Å². The Hall–Kier alpha value is -0.120. The van der Waals surface area contributed by atoms with Crippen LogP contribution in [0.5, 0.6) is 0 Å². The van der Waals surface area contributed by atoms with Crippen LogP contribution in [-0.4, -0.2) is 50.8 Å². The first kappa shape index (κ1) is 12.9. The normalized spacial score (nSPS) is 14.1. The molecule has 0 fully saturated rings. The van der Waals surface area contributed by atoms with Crippen molar-refractivity contribution in [2.24, 2.45) is 0 Å². The standard InChI is InChI=1S/C10H24N2O/c1-9(2)12(6-7-13-5)10(3)8-11-4/h9-11H,6-8H2,1-5H3. The Kier molecular flexibility index (Phi) is 7.23. The molecule has 0 rings (SSSR count). The van der Waals surface area contributed by atoms with Crippen molar-refractivity contribution in [3.8, 4) is 0 Å². The quantitative estimate of drug-likeness (QED) is 0.644. The molecule has 3 heteroatoms. The Morgan fingerprint density at radius 2 is 1.92 bits per heavy atom. The number of rotatable bonds is 7. The third-order valence-corrected chi connectivity index (χ3v) is 2.28. The van der Waals surface area contributed by atoms with E-state index in [-0.39, 0.29) is 0 Å². The lowest BCUT2D eigenvalue weighted by molar-refractivity contribution is 0.102. The minimum Gasteiger partial charge on any atom is -0.383 e. The van der Waals surface area contributed by atoms with Crippen LogP contribution in [0.3, 0.4) is 0 Å². The maximum atomic E-state index is 5.09. The van der Waals surface area contributed by atoms with Gasteiger partial charge < -0.3 is 10.1 Å². The summed E-state index contributed by atoms with van der Waals surface area (Å²) in [6.07, 6.45) is 0. The van der Waals surface area contributed by atoms with Crippen LogP contribution in [0.4, 0.5) is 0 Å². The second kappa shape index (κ2) is 7.30. The van der Waals surface area contributed by atoms with Crippen LogP contribution < -0.4 is 5.32 Å². The molecule has 1 unspecified atom stereocenters.